The summed E-state index contributed by atoms with van der Waals surface area (Å²) in [7, 11) is 6.65. The Morgan fingerprint density at radius 2 is 0.966 bits per heavy atom. The molecule has 0 aliphatic heterocycles. The first-order valence-electron chi connectivity index (χ1n) is 18.6. The predicted octanol–water partition coefficient (Wildman–Crippen LogP) is 4.23. The van der Waals surface area contributed by atoms with Crippen LogP contribution in [0.25, 0.3) is 22.3 Å². The fourth-order valence-electron chi connectivity index (χ4n) is 7.61. The van der Waals surface area contributed by atoms with Gasteiger partial charge in [0.2, 0.25) is 11.9 Å². The Bertz CT molecular complexity index is 2620. The molecule has 0 amide bonds. The number of anilines is 2. The Morgan fingerprint density at radius 1 is 0.586 bits per heavy atom. The summed E-state index contributed by atoms with van der Waals surface area (Å²) in [6.07, 6.45) is 3.72. The molecule has 2 aromatic carbocycles. The number of benzene rings is 2. The van der Waals surface area contributed by atoms with Gasteiger partial charge in [0.15, 0.2) is 22.3 Å². The fraction of sp³-hybridized carbons (Fsp3) is 0.421. The third kappa shape index (κ3) is 8.05. The van der Waals surface area contributed by atoms with Crippen molar-refractivity contribution >= 4 is 80.6 Å². The predicted molar refractivity (Wildman–Crippen MR) is 226 cm³/mol. The van der Waals surface area contributed by atoms with E-state index >= 15 is 0 Å². The number of rotatable bonds is 8. The van der Waals surface area contributed by atoms with E-state index in [9.17, 15) is 29.4 Å². The number of aromatic nitrogens is 8. The van der Waals surface area contributed by atoms with Gasteiger partial charge < -0.3 is 30.0 Å². The number of nitrogens with one attached hydrogen (secondary N) is 2. The number of halogens is 4. The molecule has 4 atom stereocenters. The number of aliphatic hydroxyl groups excluding tert-OH is 2. The van der Waals surface area contributed by atoms with Crippen LogP contribution in [0.2, 0.25) is 20.1 Å². The van der Waals surface area contributed by atoms with Gasteiger partial charge in [0.05, 0.1) is 45.4 Å². The highest BCUT2D eigenvalue weighted by molar-refractivity contribution is 6.42. The van der Waals surface area contributed by atoms with Gasteiger partial charge in [-0.25, -0.2) is 9.59 Å². The average Bonchev–Trinajstić information content (AvgIpc) is 3.96. The molecule has 2 saturated carbocycles. The highest BCUT2D eigenvalue weighted by Gasteiger charge is 2.27. The second kappa shape index (κ2) is 16.6. The molecule has 308 valence electrons. The van der Waals surface area contributed by atoms with Crippen LogP contribution in [0.15, 0.2) is 55.6 Å². The molecule has 4 heterocycles. The van der Waals surface area contributed by atoms with E-state index in [0.717, 1.165) is 34.8 Å². The normalized spacial score (nSPS) is 19.2. The van der Waals surface area contributed by atoms with Crippen molar-refractivity contribution in [3.05, 3.63) is 109 Å². The zero-order chi connectivity index (χ0) is 41.7. The molecule has 0 unspecified atom stereocenters. The highest BCUT2D eigenvalue weighted by Crippen LogP contribution is 2.27. The van der Waals surface area contributed by atoms with E-state index in [4.69, 9.17) is 46.4 Å². The van der Waals surface area contributed by atoms with Crippen molar-refractivity contribution in [3.8, 4) is 0 Å². The molecule has 58 heavy (non-hydrogen) atoms. The summed E-state index contributed by atoms with van der Waals surface area (Å²) in [4.78, 5) is 60.9. The summed E-state index contributed by atoms with van der Waals surface area (Å²) < 4.78 is 8.37. The zero-order valence-corrected chi connectivity index (χ0v) is 35.1. The zero-order valence-electron chi connectivity index (χ0n) is 32.0. The van der Waals surface area contributed by atoms with Crippen LogP contribution in [-0.4, -0.2) is 71.9 Å². The monoisotopic (exact) mass is 874 g/mol. The van der Waals surface area contributed by atoms with Gasteiger partial charge in [0.1, 0.15) is 0 Å². The Labute approximate surface area is 350 Å². The van der Waals surface area contributed by atoms with Crippen LogP contribution >= 0.6 is 46.4 Å². The van der Waals surface area contributed by atoms with Crippen LogP contribution in [0.3, 0.4) is 0 Å². The molecule has 20 heteroatoms. The third-order valence-corrected chi connectivity index (χ3v) is 12.3. The number of imidazole rings is 2. The molecule has 16 nitrogen and oxygen atoms in total. The standard InChI is InChI=1S/2C19H21Cl2N5O3/c2*1-24-15-16(23-18(24)22-11-4-5-12(27)8-11)25(2)19(29)26(17(15)28)9-10-3-6-13(20)14(21)7-10/h2*3,6-7,11-12,27H,4-5,8-9H2,1-2H3,(H,22,23)/t2*11-,12-/m10/s1. The molecular formula is C38H42Cl4N10O6. The van der Waals surface area contributed by atoms with E-state index in [1.165, 1.54) is 9.13 Å². The van der Waals surface area contributed by atoms with Crippen LogP contribution < -0.4 is 33.1 Å². The first kappa shape index (κ1) is 41.6. The van der Waals surface area contributed by atoms with Gasteiger partial charge >= 0.3 is 11.4 Å². The van der Waals surface area contributed by atoms with Crippen molar-refractivity contribution in [2.45, 2.75) is 75.9 Å². The summed E-state index contributed by atoms with van der Waals surface area (Å²) in [5, 5.41) is 27.6. The maximum Gasteiger partial charge on any atom is 0.332 e. The highest BCUT2D eigenvalue weighted by atomic mass is 35.5. The van der Waals surface area contributed by atoms with Crippen LogP contribution in [0, 0.1) is 0 Å². The van der Waals surface area contributed by atoms with E-state index in [-0.39, 0.29) is 37.4 Å². The molecule has 4 aromatic heterocycles. The maximum absolute atomic E-state index is 13.1. The first-order chi connectivity index (χ1) is 27.5. The van der Waals surface area contributed by atoms with E-state index < -0.39 is 22.5 Å². The van der Waals surface area contributed by atoms with Crippen molar-refractivity contribution in [1.29, 1.82) is 0 Å². The molecule has 8 rings (SSSR count). The van der Waals surface area contributed by atoms with Crippen molar-refractivity contribution in [3.63, 3.8) is 0 Å². The first-order valence-corrected chi connectivity index (χ1v) is 20.1. The van der Waals surface area contributed by atoms with Crippen molar-refractivity contribution in [2.24, 2.45) is 28.2 Å². The number of aryl methyl sites for hydroxylation is 4. The van der Waals surface area contributed by atoms with Gasteiger partial charge in [-0.05, 0) is 73.9 Å². The molecule has 0 bridgehead atoms. The minimum atomic E-state index is -0.463. The number of hydrogen-bond acceptors (Lipinski definition) is 10. The van der Waals surface area contributed by atoms with Crippen molar-refractivity contribution < 1.29 is 10.2 Å². The molecule has 0 saturated heterocycles. The molecule has 0 spiro atoms. The molecule has 2 fully saturated rings. The van der Waals surface area contributed by atoms with Gasteiger partial charge in [0, 0.05) is 40.3 Å². The smallest absolute Gasteiger partial charge is 0.332 e. The topological polar surface area (TPSA) is 188 Å². The van der Waals surface area contributed by atoms with Gasteiger partial charge in [-0.3, -0.25) is 27.9 Å². The van der Waals surface area contributed by atoms with Crippen molar-refractivity contribution in [1.82, 2.24) is 37.4 Å². The summed E-state index contributed by atoms with van der Waals surface area (Å²) in [5.74, 6) is 0.997. The summed E-state index contributed by atoms with van der Waals surface area (Å²) >= 11 is 24.0. The molecule has 4 N–H and O–H groups in total. The van der Waals surface area contributed by atoms with E-state index in [1.807, 2.05) is 0 Å². The quantitative estimate of drug-likeness (QED) is 0.172. The van der Waals surface area contributed by atoms with Crippen LogP contribution in [0.1, 0.15) is 49.7 Å². The number of fused-ring (bicyclic) bond motifs is 2. The molecule has 2 aliphatic carbocycles. The SMILES string of the molecule is Cn1c(N[C@@H]2CC[C@@H](O)C2)nc2c1c(=O)n(Cc1ccc(Cl)c(Cl)c1)c(=O)n2C.Cn1c(N[C@H]2CC[C@H](O)C2)nc2c1c(=O)n(Cc1ccc(Cl)c(Cl)c1)c(=O)n2C. The lowest BCUT2D eigenvalue weighted by atomic mass is 10.2. The lowest BCUT2D eigenvalue weighted by Crippen LogP contribution is -2.39. The van der Waals surface area contributed by atoms with E-state index in [1.54, 1.807) is 73.7 Å². The minimum absolute atomic E-state index is 0.0705. The van der Waals surface area contributed by atoms with Gasteiger partial charge in [-0.2, -0.15) is 9.97 Å². The summed E-state index contributed by atoms with van der Waals surface area (Å²) in [6.45, 7) is 0.141. The number of nitrogens with zero attached hydrogens (tertiary/aromatic N) is 8. The van der Waals surface area contributed by atoms with Gasteiger partial charge in [-0.15, -0.1) is 0 Å². The summed E-state index contributed by atoms with van der Waals surface area (Å²) in [6, 6.07) is 10.2. The van der Waals surface area contributed by atoms with Crippen LogP contribution in [0.4, 0.5) is 11.9 Å². The molecule has 0 radical (unpaired) electrons. The molecule has 6 aromatic rings. The van der Waals surface area contributed by atoms with Crippen LogP contribution in [-0.2, 0) is 41.3 Å². The average molecular weight is 877 g/mol. The summed E-state index contributed by atoms with van der Waals surface area (Å²) in [5.41, 5.74) is 0.887. The van der Waals surface area contributed by atoms with E-state index in [2.05, 4.69) is 20.6 Å². The third-order valence-electron chi connectivity index (χ3n) is 10.8. The number of hydrogen-bond donors (Lipinski definition) is 4. The van der Waals surface area contributed by atoms with Crippen molar-refractivity contribution in [2.75, 3.05) is 10.6 Å². The van der Waals surface area contributed by atoms with Gasteiger partial charge in [0.25, 0.3) is 11.1 Å². The number of aliphatic hydroxyl groups is 2. The van der Waals surface area contributed by atoms with Crippen LogP contribution in [0.5, 0.6) is 0 Å². The van der Waals surface area contributed by atoms with E-state index in [0.29, 0.717) is 78.3 Å². The Morgan fingerprint density at radius 3 is 1.29 bits per heavy atom. The molecule has 2 aliphatic rings. The Hall–Kier alpha value is -4.58. The Balaban J connectivity index is 0.000000177. The second-order valence-corrected chi connectivity index (χ2v) is 16.5. The lowest BCUT2D eigenvalue weighted by Gasteiger charge is -2.12. The fourth-order valence-corrected chi connectivity index (χ4v) is 8.25. The minimum Gasteiger partial charge on any atom is -0.393 e. The van der Waals surface area contributed by atoms with Gasteiger partial charge in [-0.1, -0.05) is 58.5 Å². The Kier molecular flexibility index (Phi) is 11.9. The largest absolute Gasteiger partial charge is 0.393 e. The lowest BCUT2D eigenvalue weighted by molar-refractivity contribution is 0.181. The molecular weight excluding hydrogens is 834 g/mol. The second-order valence-electron chi connectivity index (χ2n) is 14.9. The maximum atomic E-state index is 13.1.